The summed E-state index contributed by atoms with van der Waals surface area (Å²) in [6.07, 6.45) is 3.61. The second kappa shape index (κ2) is 7.42. The van der Waals surface area contributed by atoms with E-state index in [2.05, 4.69) is 51.8 Å². The smallest absolute Gasteiger partial charge is 0.136 e. The molecule has 1 fully saturated rings. The molecule has 0 spiro atoms. The van der Waals surface area contributed by atoms with Crippen molar-refractivity contribution in [1.29, 1.82) is 0 Å². The Hall–Kier alpha value is -2.14. The van der Waals surface area contributed by atoms with E-state index < -0.39 is 0 Å². The summed E-state index contributed by atoms with van der Waals surface area (Å²) in [5.41, 5.74) is 2.36. The fourth-order valence-corrected chi connectivity index (χ4v) is 2.72. The Balaban J connectivity index is 1.66. The molecule has 122 valence electrons. The summed E-state index contributed by atoms with van der Waals surface area (Å²) in [5.74, 6) is 2.38. The van der Waals surface area contributed by atoms with Crippen LogP contribution < -0.4 is 10.6 Å². The van der Waals surface area contributed by atoms with Crippen molar-refractivity contribution in [3.63, 3.8) is 0 Å². The van der Waals surface area contributed by atoms with Crippen molar-refractivity contribution < 1.29 is 4.74 Å². The molecule has 0 amide bonds. The van der Waals surface area contributed by atoms with Crippen LogP contribution in [-0.4, -0.2) is 29.2 Å². The Labute approximate surface area is 137 Å². The quantitative estimate of drug-likeness (QED) is 0.852. The minimum Gasteiger partial charge on any atom is -0.376 e. The Morgan fingerprint density at radius 2 is 1.96 bits per heavy atom. The molecule has 1 aromatic carbocycles. The summed E-state index contributed by atoms with van der Waals surface area (Å²) < 4.78 is 5.63. The number of rotatable bonds is 6. The highest BCUT2D eigenvalue weighted by molar-refractivity contribution is 5.59. The molecule has 2 N–H and O–H groups in total. The predicted octanol–water partition coefficient (Wildman–Crippen LogP) is 3.68. The number of ether oxygens (including phenoxy) is 1. The highest BCUT2D eigenvalue weighted by Gasteiger charge is 2.15. The maximum Gasteiger partial charge on any atom is 0.136 e. The number of nitrogens with one attached hydrogen (secondary N) is 2. The topological polar surface area (TPSA) is 59.1 Å². The van der Waals surface area contributed by atoms with Crippen molar-refractivity contribution in [2.75, 3.05) is 23.8 Å². The molecule has 1 unspecified atom stereocenters. The first-order chi connectivity index (χ1) is 11.2. The SMILES string of the molecule is CCc1ccc(Nc2cc(NCC3CCCO3)nc(C)n2)cc1. The minimum atomic E-state index is 0.295. The third-order valence-electron chi connectivity index (χ3n) is 4.01. The molecular weight excluding hydrogens is 288 g/mol. The molecule has 5 nitrogen and oxygen atoms in total. The molecule has 0 saturated carbocycles. The van der Waals surface area contributed by atoms with Crippen LogP contribution in [0.3, 0.4) is 0 Å². The number of aryl methyl sites for hydroxylation is 2. The zero-order valence-electron chi connectivity index (χ0n) is 13.8. The van der Waals surface area contributed by atoms with E-state index in [4.69, 9.17) is 4.74 Å². The van der Waals surface area contributed by atoms with Gasteiger partial charge in [0, 0.05) is 24.9 Å². The van der Waals surface area contributed by atoms with Gasteiger partial charge in [0.25, 0.3) is 0 Å². The molecule has 1 atom stereocenters. The van der Waals surface area contributed by atoms with E-state index in [0.29, 0.717) is 6.10 Å². The first-order valence-electron chi connectivity index (χ1n) is 8.30. The van der Waals surface area contributed by atoms with Crippen LogP contribution in [0.4, 0.5) is 17.3 Å². The van der Waals surface area contributed by atoms with Crippen LogP contribution in [0.25, 0.3) is 0 Å². The Kier molecular flexibility index (Phi) is 5.08. The fraction of sp³-hybridized carbons (Fsp3) is 0.444. The van der Waals surface area contributed by atoms with E-state index in [-0.39, 0.29) is 0 Å². The molecule has 1 aromatic heterocycles. The highest BCUT2D eigenvalue weighted by atomic mass is 16.5. The maximum absolute atomic E-state index is 5.63. The summed E-state index contributed by atoms with van der Waals surface area (Å²) in [4.78, 5) is 8.90. The largest absolute Gasteiger partial charge is 0.376 e. The first kappa shape index (κ1) is 15.7. The average Bonchev–Trinajstić information content (AvgIpc) is 3.07. The predicted molar refractivity (Wildman–Crippen MR) is 93.3 cm³/mol. The second-order valence-corrected chi connectivity index (χ2v) is 5.88. The van der Waals surface area contributed by atoms with Crippen LogP contribution in [0.1, 0.15) is 31.2 Å². The Morgan fingerprint density at radius 3 is 2.65 bits per heavy atom. The molecule has 0 bridgehead atoms. The number of hydrogen-bond donors (Lipinski definition) is 2. The highest BCUT2D eigenvalue weighted by Crippen LogP contribution is 2.19. The third-order valence-corrected chi connectivity index (χ3v) is 4.01. The fourth-order valence-electron chi connectivity index (χ4n) is 2.72. The number of nitrogens with zero attached hydrogens (tertiary/aromatic N) is 2. The van der Waals surface area contributed by atoms with Crippen molar-refractivity contribution in [3.05, 3.63) is 41.7 Å². The molecule has 2 aromatic rings. The van der Waals surface area contributed by atoms with Crippen LogP contribution in [0.5, 0.6) is 0 Å². The third kappa shape index (κ3) is 4.42. The maximum atomic E-state index is 5.63. The zero-order valence-corrected chi connectivity index (χ0v) is 13.8. The monoisotopic (exact) mass is 312 g/mol. The van der Waals surface area contributed by atoms with Crippen LogP contribution in [0, 0.1) is 6.92 Å². The van der Waals surface area contributed by atoms with Crippen LogP contribution in [-0.2, 0) is 11.2 Å². The van der Waals surface area contributed by atoms with E-state index in [1.807, 2.05) is 13.0 Å². The van der Waals surface area contributed by atoms with Crippen LogP contribution in [0.15, 0.2) is 30.3 Å². The van der Waals surface area contributed by atoms with Gasteiger partial charge < -0.3 is 15.4 Å². The molecule has 1 saturated heterocycles. The van der Waals surface area contributed by atoms with E-state index in [0.717, 1.165) is 55.6 Å². The van der Waals surface area contributed by atoms with Crippen molar-refractivity contribution in [1.82, 2.24) is 9.97 Å². The second-order valence-electron chi connectivity index (χ2n) is 5.88. The number of hydrogen-bond acceptors (Lipinski definition) is 5. The lowest BCUT2D eigenvalue weighted by atomic mass is 10.1. The van der Waals surface area contributed by atoms with Crippen molar-refractivity contribution >= 4 is 17.3 Å². The standard InChI is InChI=1S/C18H24N4O/c1-3-14-6-8-15(9-7-14)22-18-11-17(20-13(2)21-18)19-12-16-5-4-10-23-16/h6-9,11,16H,3-5,10,12H2,1-2H3,(H2,19,20,21,22). The van der Waals surface area contributed by atoms with E-state index in [1.54, 1.807) is 0 Å². The molecule has 2 heterocycles. The first-order valence-corrected chi connectivity index (χ1v) is 8.30. The molecule has 0 aliphatic carbocycles. The van der Waals surface area contributed by atoms with Gasteiger partial charge in [0.05, 0.1) is 6.10 Å². The molecule has 1 aliphatic rings. The minimum absolute atomic E-state index is 0.295. The molecular formula is C18H24N4O. The van der Waals surface area contributed by atoms with Crippen molar-refractivity contribution in [2.45, 2.75) is 39.2 Å². The van der Waals surface area contributed by atoms with Gasteiger partial charge in [-0.2, -0.15) is 0 Å². The van der Waals surface area contributed by atoms with Gasteiger partial charge in [-0.15, -0.1) is 0 Å². The Morgan fingerprint density at radius 1 is 1.17 bits per heavy atom. The van der Waals surface area contributed by atoms with Gasteiger partial charge in [0.1, 0.15) is 17.5 Å². The van der Waals surface area contributed by atoms with Gasteiger partial charge in [-0.1, -0.05) is 19.1 Å². The number of benzene rings is 1. The van der Waals surface area contributed by atoms with Crippen molar-refractivity contribution in [2.24, 2.45) is 0 Å². The number of aromatic nitrogens is 2. The van der Waals surface area contributed by atoms with Gasteiger partial charge in [0.2, 0.25) is 0 Å². The average molecular weight is 312 g/mol. The van der Waals surface area contributed by atoms with Gasteiger partial charge >= 0.3 is 0 Å². The summed E-state index contributed by atoms with van der Waals surface area (Å²) in [6, 6.07) is 10.4. The lowest BCUT2D eigenvalue weighted by molar-refractivity contribution is 0.120. The summed E-state index contributed by atoms with van der Waals surface area (Å²) in [5, 5.41) is 6.70. The van der Waals surface area contributed by atoms with E-state index >= 15 is 0 Å². The van der Waals surface area contributed by atoms with Crippen LogP contribution in [0.2, 0.25) is 0 Å². The van der Waals surface area contributed by atoms with E-state index in [9.17, 15) is 0 Å². The van der Waals surface area contributed by atoms with Crippen molar-refractivity contribution in [3.8, 4) is 0 Å². The van der Waals surface area contributed by atoms with Crippen LogP contribution >= 0.6 is 0 Å². The zero-order chi connectivity index (χ0) is 16.1. The Bertz CT molecular complexity index is 636. The van der Waals surface area contributed by atoms with Gasteiger partial charge in [0.15, 0.2) is 0 Å². The van der Waals surface area contributed by atoms with E-state index in [1.165, 1.54) is 5.56 Å². The number of anilines is 3. The molecule has 5 heteroatoms. The molecule has 1 aliphatic heterocycles. The lowest BCUT2D eigenvalue weighted by Crippen LogP contribution is -2.19. The summed E-state index contributed by atoms with van der Waals surface area (Å²) >= 11 is 0. The van der Waals surface area contributed by atoms with Gasteiger partial charge in [-0.3, -0.25) is 0 Å². The summed E-state index contributed by atoms with van der Waals surface area (Å²) in [6.45, 7) is 5.72. The lowest BCUT2D eigenvalue weighted by Gasteiger charge is -2.13. The molecule has 0 radical (unpaired) electrons. The van der Waals surface area contributed by atoms with Gasteiger partial charge in [-0.25, -0.2) is 9.97 Å². The summed E-state index contributed by atoms with van der Waals surface area (Å²) in [7, 11) is 0. The molecule has 3 rings (SSSR count). The normalized spacial score (nSPS) is 17.2. The molecule has 23 heavy (non-hydrogen) atoms. The van der Waals surface area contributed by atoms with Gasteiger partial charge in [-0.05, 0) is 43.9 Å².